The van der Waals surface area contributed by atoms with Gasteiger partial charge in [0, 0.05) is 47.6 Å². The molecule has 3 aromatic heterocycles. The summed E-state index contributed by atoms with van der Waals surface area (Å²) in [6.07, 6.45) is 0. The molecular formula is C51H31N3OS. The van der Waals surface area contributed by atoms with Gasteiger partial charge in [0.25, 0.3) is 0 Å². The molecule has 0 saturated heterocycles. The summed E-state index contributed by atoms with van der Waals surface area (Å²) in [5.74, 6) is 1.80. The lowest BCUT2D eigenvalue weighted by atomic mass is 9.93. The molecule has 0 aliphatic heterocycles. The molecule has 56 heavy (non-hydrogen) atoms. The first-order chi connectivity index (χ1) is 27.7. The van der Waals surface area contributed by atoms with Crippen LogP contribution in [0.2, 0.25) is 0 Å². The maximum Gasteiger partial charge on any atom is 0.164 e. The van der Waals surface area contributed by atoms with Crippen molar-refractivity contribution in [3.05, 3.63) is 188 Å². The molecule has 0 radical (unpaired) electrons. The monoisotopic (exact) mass is 733 g/mol. The van der Waals surface area contributed by atoms with Gasteiger partial charge in [-0.05, 0) is 69.8 Å². The van der Waals surface area contributed by atoms with Gasteiger partial charge in [-0.3, -0.25) is 0 Å². The van der Waals surface area contributed by atoms with Crippen LogP contribution in [0.1, 0.15) is 0 Å². The van der Waals surface area contributed by atoms with Gasteiger partial charge in [-0.25, -0.2) is 15.0 Å². The first kappa shape index (κ1) is 32.2. The van der Waals surface area contributed by atoms with Crippen molar-refractivity contribution in [1.29, 1.82) is 0 Å². The van der Waals surface area contributed by atoms with E-state index in [-0.39, 0.29) is 0 Å². The fourth-order valence-corrected chi connectivity index (χ4v) is 9.01. The Labute approximate surface area is 327 Å². The predicted octanol–water partition coefficient (Wildman–Crippen LogP) is 14.1. The van der Waals surface area contributed by atoms with Crippen LogP contribution in [-0.2, 0) is 0 Å². The van der Waals surface area contributed by atoms with E-state index in [0.29, 0.717) is 17.5 Å². The Hall–Kier alpha value is -7.21. The predicted molar refractivity (Wildman–Crippen MR) is 233 cm³/mol. The van der Waals surface area contributed by atoms with Crippen molar-refractivity contribution in [2.45, 2.75) is 0 Å². The molecule has 0 N–H and O–H groups in total. The van der Waals surface area contributed by atoms with Crippen molar-refractivity contribution in [2.24, 2.45) is 0 Å². The second-order valence-electron chi connectivity index (χ2n) is 14.0. The summed E-state index contributed by atoms with van der Waals surface area (Å²) >= 11 is 1.84. The van der Waals surface area contributed by atoms with Crippen molar-refractivity contribution < 1.29 is 4.42 Å². The fraction of sp³-hybridized carbons (Fsp3) is 0. The van der Waals surface area contributed by atoms with Crippen molar-refractivity contribution in [1.82, 2.24) is 15.0 Å². The Morgan fingerprint density at radius 1 is 0.321 bits per heavy atom. The summed E-state index contributed by atoms with van der Waals surface area (Å²) in [7, 11) is 0. The Morgan fingerprint density at radius 3 is 1.62 bits per heavy atom. The molecule has 0 atom stereocenters. The fourth-order valence-electron chi connectivity index (χ4n) is 7.87. The number of rotatable bonds is 6. The van der Waals surface area contributed by atoms with Gasteiger partial charge < -0.3 is 4.42 Å². The van der Waals surface area contributed by atoms with Crippen LogP contribution in [0, 0.1) is 0 Å². The van der Waals surface area contributed by atoms with Gasteiger partial charge in [-0.2, -0.15) is 0 Å². The third-order valence-corrected chi connectivity index (χ3v) is 11.7. The number of furan rings is 1. The molecule has 11 rings (SSSR count). The number of para-hydroxylation sites is 1. The molecule has 0 fully saturated rings. The highest BCUT2D eigenvalue weighted by atomic mass is 32.1. The first-order valence-electron chi connectivity index (χ1n) is 18.7. The average molecular weight is 734 g/mol. The third-order valence-electron chi connectivity index (χ3n) is 10.5. The Morgan fingerprint density at radius 2 is 0.857 bits per heavy atom. The van der Waals surface area contributed by atoms with E-state index in [0.717, 1.165) is 66.4 Å². The molecule has 0 bridgehead atoms. The van der Waals surface area contributed by atoms with Gasteiger partial charge in [0.1, 0.15) is 11.2 Å². The van der Waals surface area contributed by atoms with Crippen LogP contribution in [0.5, 0.6) is 0 Å². The van der Waals surface area contributed by atoms with Crippen molar-refractivity contribution in [3.8, 4) is 67.5 Å². The quantitative estimate of drug-likeness (QED) is 0.171. The normalized spacial score (nSPS) is 11.6. The number of thiophene rings is 1. The molecule has 0 saturated carbocycles. The zero-order valence-electron chi connectivity index (χ0n) is 30.1. The van der Waals surface area contributed by atoms with Gasteiger partial charge in [0.2, 0.25) is 0 Å². The zero-order valence-corrected chi connectivity index (χ0v) is 30.9. The van der Waals surface area contributed by atoms with Crippen LogP contribution in [0.3, 0.4) is 0 Å². The van der Waals surface area contributed by atoms with Gasteiger partial charge in [0.05, 0.1) is 0 Å². The lowest BCUT2D eigenvalue weighted by Crippen LogP contribution is -2.00. The molecule has 0 aliphatic rings. The van der Waals surface area contributed by atoms with Crippen molar-refractivity contribution in [3.63, 3.8) is 0 Å². The smallest absolute Gasteiger partial charge is 0.164 e. The first-order valence-corrected chi connectivity index (χ1v) is 19.5. The second-order valence-corrected chi connectivity index (χ2v) is 15.1. The minimum Gasteiger partial charge on any atom is -0.456 e. The molecule has 0 aliphatic carbocycles. The maximum absolute atomic E-state index is 6.60. The molecule has 0 spiro atoms. The highest BCUT2D eigenvalue weighted by Gasteiger charge is 2.20. The highest BCUT2D eigenvalue weighted by Crippen LogP contribution is 2.43. The molecule has 0 amide bonds. The Bertz CT molecular complexity index is 3240. The summed E-state index contributed by atoms with van der Waals surface area (Å²) < 4.78 is 9.18. The van der Waals surface area contributed by atoms with E-state index in [2.05, 4.69) is 140 Å². The van der Waals surface area contributed by atoms with Crippen LogP contribution < -0.4 is 0 Å². The van der Waals surface area contributed by atoms with E-state index in [1.807, 2.05) is 59.9 Å². The van der Waals surface area contributed by atoms with Gasteiger partial charge in [-0.15, -0.1) is 11.3 Å². The molecule has 5 heteroatoms. The van der Waals surface area contributed by atoms with E-state index < -0.39 is 0 Å². The molecule has 11 aromatic rings. The molecule has 3 heterocycles. The number of fused-ring (bicyclic) bond motifs is 6. The number of benzene rings is 8. The summed E-state index contributed by atoms with van der Waals surface area (Å²) in [5.41, 5.74) is 11.1. The molecular weight excluding hydrogens is 703 g/mol. The van der Waals surface area contributed by atoms with Gasteiger partial charge in [0.15, 0.2) is 17.5 Å². The van der Waals surface area contributed by atoms with E-state index in [1.165, 1.54) is 25.7 Å². The Balaban J connectivity index is 1.11. The van der Waals surface area contributed by atoms with E-state index in [1.54, 1.807) is 0 Å². The largest absolute Gasteiger partial charge is 0.456 e. The summed E-state index contributed by atoms with van der Waals surface area (Å²) in [5, 5.41) is 4.71. The van der Waals surface area contributed by atoms with Crippen LogP contribution in [0.4, 0.5) is 0 Å². The number of hydrogen-bond donors (Lipinski definition) is 0. The van der Waals surface area contributed by atoms with E-state index in [9.17, 15) is 0 Å². The number of nitrogens with zero attached hydrogens (tertiary/aromatic N) is 3. The molecule has 262 valence electrons. The van der Waals surface area contributed by atoms with E-state index >= 15 is 0 Å². The zero-order chi connectivity index (χ0) is 37.0. The Kier molecular flexibility index (Phi) is 7.64. The van der Waals surface area contributed by atoms with Crippen molar-refractivity contribution in [2.75, 3.05) is 0 Å². The average Bonchev–Trinajstić information content (AvgIpc) is 3.85. The van der Waals surface area contributed by atoms with E-state index in [4.69, 9.17) is 19.4 Å². The topological polar surface area (TPSA) is 51.8 Å². The third kappa shape index (κ3) is 5.56. The van der Waals surface area contributed by atoms with Gasteiger partial charge >= 0.3 is 0 Å². The lowest BCUT2D eigenvalue weighted by Gasteiger charge is -2.12. The standard InChI is InChI=1S/C51H31N3OS/c1-3-13-32(14-4-1)33-25-27-35(28-26-33)50-52-49(34-15-5-2-6-16-34)53-51(54-50)38-30-42(47-40-19-7-9-22-43(40)55-44(47)31-38)37-18-11-17-36(29-37)39-21-12-24-46-48(39)41-20-8-10-23-45(41)56-46/h1-31H. The molecule has 0 unspecified atom stereocenters. The van der Waals surface area contributed by atoms with Crippen LogP contribution in [-0.4, -0.2) is 15.0 Å². The summed E-state index contributed by atoms with van der Waals surface area (Å²) in [6.45, 7) is 0. The summed E-state index contributed by atoms with van der Waals surface area (Å²) in [6, 6.07) is 65.7. The summed E-state index contributed by atoms with van der Waals surface area (Å²) in [4.78, 5) is 15.3. The van der Waals surface area contributed by atoms with Crippen LogP contribution in [0.15, 0.2) is 192 Å². The van der Waals surface area contributed by atoms with Crippen molar-refractivity contribution >= 4 is 53.4 Å². The van der Waals surface area contributed by atoms with Gasteiger partial charge in [-0.1, -0.05) is 152 Å². The molecule has 8 aromatic carbocycles. The SMILES string of the molecule is c1ccc(-c2ccc(-c3nc(-c4ccccc4)nc(-c4cc(-c5cccc(-c6cccc7sc8ccccc8c67)c5)c5c(c4)oc4ccccc45)n3)cc2)cc1. The van der Waals surface area contributed by atoms with Crippen LogP contribution >= 0.6 is 11.3 Å². The number of hydrogen-bond acceptors (Lipinski definition) is 5. The minimum absolute atomic E-state index is 0.579. The second kappa shape index (κ2) is 13.3. The lowest BCUT2D eigenvalue weighted by molar-refractivity contribution is 0.669. The minimum atomic E-state index is 0.579. The maximum atomic E-state index is 6.60. The molecule has 4 nitrogen and oxygen atoms in total. The highest BCUT2D eigenvalue weighted by molar-refractivity contribution is 7.25. The van der Waals surface area contributed by atoms with Crippen LogP contribution in [0.25, 0.3) is 110 Å². The number of aromatic nitrogens is 3.